The molecule has 0 amide bonds. The Balaban J connectivity index is 0.00000231. The molecule has 166 valence electrons. The fraction of sp³-hybridized carbons (Fsp3) is 0.500. The SMILES string of the molecule is CCNC(=NCC1(c2ccc3c(c2)OCO3)CC1)N1CCN(c2ncccn2)CC1.I. The van der Waals surface area contributed by atoms with Gasteiger partial charge in [-0.25, -0.2) is 9.97 Å². The second-order valence-electron chi connectivity index (χ2n) is 8.04. The Morgan fingerprint density at radius 2 is 1.84 bits per heavy atom. The Hall–Kier alpha value is -2.30. The number of halogens is 1. The molecule has 9 heteroatoms. The molecular formula is C22H29IN6O2. The van der Waals surface area contributed by atoms with Gasteiger partial charge in [-0.1, -0.05) is 6.07 Å². The van der Waals surface area contributed by atoms with Crippen LogP contribution in [0.15, 0.2) is 41.7 Å². The van der Waals surface area contributed by atoms with Crippen LogP contribution in [0.1, 0.15) is 25.3 Å². The molecule has 1 aliphatic carbocycles. The molecule has 0 atom stereocenters. The number of nitrogens with zero attached hydrogens (tertiary/aromatic N) is 5. The number of fused-ring (bicyclic) bond motifs is 1. The van der Waals surface area contributed by atoms with Crippen molar-refractivity contribution in [2.45, 2.75) is 25.2 Å². The Morgan fingerprint density at radius 1 is 1.10 bits per heavy atom. The van der Waals surface area contributed by atoms with E-state index in [0.29, 0.717) is 6.79 Å². The summed E-state index contributed by atoms with van der Waals surface area (Å²) in [7, 11) is 0. The average Bonchev–Trinajstić information content (AvgIpc) is 3.45. The number of aromatic nitrogens is 2. The van der Waals surface area contributed by atoms with Crippen LogP contribution in [0.2, 0.25) is 0 Å². The normalized spacial score (nSPS) is 19.1. The van der Waals surface area contributed by atoms with Gasteiger partial charge >= 0.3 is 0 Å². The minimum absolute atomic E-state index is 0. The fourth-order valence-electron chi connectivity index (χ4n) is 4.14. The van der Waals surface area contributed by atoms with Gasteiger partial charge in [0, 0.05) is 50.5 Å². The summed E-state index contributed by atoms with van der Waals surface area (Å²) < 4.78 is 11.0. The number of nitrogens with one attached hydrogen (secondary N) is 1. The first-order chi connectivity index (χ1) is 14.8. The van der Waals surface area contributed by atoms with Crippen molar-refractivity contribution in [3.05, 3.63) is 42.2 Å². The highest BCUT2D eigenvalue weighted by molar-refractivity contribution is 14.0. The van der Waals surface area contributed by atoms with Crippen molar-refractivity contribution in [2.75, 3.05) is 51.0 Å². The summed E-state index contributed by atoms with van der Waals surface area (Å²) in [5.74, 6) is 3.50. The van der Waals surface area contributed by atoms with E-state index < -0.39 is 0 Å². The van der Waals surface area contributed by atoms with E-state index in [9.17, 15) is 0 Å². The first-order valence-electron chi connectivity index (χ1n) is 10.7. The molecule has 1 saturated carbocycles. The van der Waals surface area contributed by atoms with Gasteiger partial charge in [-0.2, -0.15) is 0 Å². The molecule has 0 radical (unpaired) electrons. The van der Waals surface area contributed by atoms with Gasteiger partial charge in [-0.15, -0.1) is 24.0 Å². The number of anilines is 1. The van der Waals surface area contributed by atoms with E-state index in [4.69, 9.17) is 14.5 Å². The Bertz CT molecular complexity index is 913. The molecule has 2 aliphatic heterocycles. The van der Waals surface area contributed by atoms with Crippen molar-refractivity contribution in [3.8, 4) is 11.5 Å². The third-order valence-corrected chi connectivity index (χ3v) is 6.12. The minimum Gasteiger partial charge on any atom is -0.454 e. The van der Waals surface area contributed by atoms with E-state index in [-0.39, 0.29) is 29.4 Å². The zero-order valence-corrected chi connectivity index (χ0v) is 20.1. The molecule has 0 unspecified atom stereocenters. The number of ether oxygens (including phenoxy) is 2. The molecule has 3 aliphatic rings. The quantitative estimate of drug-likeness (QED) is 0.358. The number of rotatable bonds is 5. The number of hydrogen-bond donors (Lipinski definition) is 1. The summed E-state index contributed by atoms with van der Waals surface area (Å²) in [5, 5.41) is 3.48. The summed E-state index contributed by atoms with van der Waals surface area (Å²) >= 11 is 0. The molecule has 0 bridgehead atoms. The maximum absolute atomic E-state index is 5.57. The van der Waals surface area contributed by atoms with Crippen molar-refractivity contribution in [1.82, 2.24) is 20.2 Å². The van der Waals surface area contributed by atoms with E-state index in [0.717, 1.165) is 75.5 Å². The van der Waals surface area contributed by atoms with Gasteiger partial charge in [0.2, 0.25) is 12.7 Å². The summed E-state index contributed by atoms with van der Waals surface area (Å²) in [6.45, 7) is 7.67. The Morgan fingerprint density at radius 3 is 2.55 bits per heavy atom. The number of piperazine rings is 1. The molecule has 8 nitrogen and oxygen atoms in total. The lowest BCUT2D eigenvalue weighted by atomic mass is 9.96. The smallest absolute Gasteiger partial charge is 0.231 e. The van der Waals surface area contributed by atoms with Crippen molar-refractivity contribution in [2.24, 2.45) is 4.99 Å². The number of benzene rings is 1. The van der Waals surface area contributed by atoms with Gasteiger partial charge in [-0.3, -0.25) is 4.99 Å². The van der Waals surface area contributed by atoms with Crippen LogP contribution in [-0.4, -0.2) is 66.9 Å². The number of guanidine groups is 1. The molecule has 1 aromatic heterocycles. The highest BCUT2D eigenvalue weighted by atomic mass is 127. The lowest BCUT2D eigenvalue weighted by molar-refractivity contribution is 0.174. The molecule has 1 saturated heterocycles. The molecule has 31 heavy (non-hydrogen) atoms. The lowest BCUT2D eigenvalue weighted by Crippen LogP contribution is -2.53. The summed E-state index contributed by atoms with van der Waals surface area (Å²) in [5.41, 5.74) is 1.43. The fourth-order valence-corrected chi connectivity index (χ4v) is 4.14. The first-order valence-corrected chi connectivity index (χ1v) is 10.7. The zero-order chi connectivity index (χ0) is 20.4. The van der Waals surface area contributed by atoms with Crippen LogP contribution in [0, 0.1) is 0 Å². The minimum atomic E-state index is 0. The zero-order valence-electron chi connectivity index (χ0n) is 17.8. The molecule has 1 aromatic carbocycles. The second kappa shape index (κ2) is 9.46. The third kappa shape index (κ3) is 4.65. The Kier molecular flexibility index (Phi) is 6.68. The van der Waals surface area contributed by atoms with E-state index in [1.807, 2.05) is 12.1 Å². The molecule has 1 N–H and O–H groups in total. The summed E-state index contributed by atoms with van der Waals surface area (Å²) in [4.78, 5) is 18.4. The summed E-state index contributed by atoms with van der Waals surface area (Å²) in [6, 6.07) is 8.18. The standard InChI is InChI=1S/C22H28N6O2.HI/c1-2-23-20(27-10-12-28(13-11-27)21-24-8-3-9-25-21)26-15-22(6-7-22)17-4-5-18-19(14-17)30-16-29-18;/h3-5,8-9,14H,2,6-7,10-13,15-16H2,1H3,(H,23,26);1H. The van der Waals surface area contributed by atoms with Crippen molar-refractivity contribution < 1.29 is 9.47 Å². The molecule has 5 rings (SSSR count). The Labute approximate surface area is 200 Å². The van der Waals surface area contributed by atoms with Crippen LogP contribution in [0.4, 0.5) is 5.95 Å². The topological polar surface area (TPSA) is 75.1 Å². The molecule has 3 heterocycles. The lowest BCUT2D eigenvalue weighted by Gasteiger charge is -2.36. The van der Waals surface area contributed by atoms with Crippen molar-refractivity contribution >= 4 is 35.9 Å². The third-order valence-electron chi connectivity index (χ3n) is 6.12. The highest BCUT2D eigenvalue weighted by Gasteiger charge is 2.45. The predicted octanol–water partition coefficient (Wildman–Crippen LogP) is 2.64. The van der Waals surface area contributed by atoms with Crippen LogP contribution in [0.3, 0.4) is 0 Å². The van der Waals surface area contributed by atoms with E-state index in [2.05, 4.69) is 44.1 Å². The van der Waals surface area contributed by atoms with E-state index in [1.54, 1.807) is 12.4 Å². The largest absolute Gasteiger partial charge is 0.454 e. The van der Waals surface area contributed by atoms with Gasteiger partial charge in [0.1, 0.15) is 0 Å². The molecule has 0 spiro atoms. The van der Waals surface area contributed by atoms with Crippen LogP contribution >= 0.6 is 24.0 Å². The van der Waals surface area contributed by atoms with E-state index >= 15 is 0 Å². The van der Waals surface area contributed by atoms with Crippen LogP contribution in [0.5, 0.6) is 11.5 Å². The molecular weight excluding hydrogens is 507 g/mol. The number of hydrogen-bond acceptors (Lipinski definition) is 6. The van der Waals surface area contributed by atoms with E-state index in [1.165, 1.54) is 5.56 Å². The monoisotopic (exact) mass is 536 g/mol. The average molecular weight is 536 g/mol. The maximum atomic E-state index is 5.57. The highest BCUT2D eigenvalue weighted by Crippen LogP contribution is 2.50. The van der Waals surface area contributed by atoms with Crippen molar-refractivity contribution in [3.63, 3.8) is 0 Å². The number of aliphatic imine (C=N–C) groups is 1. The summed E-state index contributed by atoms with van der Waals surface area (Å²) in [6.07, 6.45) is 5.92. The molecule has 2 fully saturated rings. The van der Waals surface area contributed by atoms with Gasteiger partial charge in [0.15, 0.2) is 17.5 Å². The predicted molar refractivity (Wildman–Crippen MR) is 131 cm³/mol. The van der Waals surface area contributed by atoms with Crippen LogP contribution in [0.25, 0.3) is 0 Å². The van der Waals surface area contributed by atoms with Crippen LogP contribution < -0.4 is 19.7 Å². The van der Waals surface area contributed by atoms with Gasteiger partial charge in [0.25, 0.3) is 0 Å². The van der Waals surface area contributed by atoms with Gasteiger partial charge in [0.05, 0.1) is 6.54 Å². The van der Waals surface area contributed by atoms with Crippen molar-refractivity contribution in [1.29, 1.82) is 0 Å². The second-order valence-corrected chi connectivity index (χ2v) is 8.04. The van der Waals surface area contributed by atoms with Gasteiger partial charge in [-0.05, 0) is 43.5 Å². The first kappa shape index (κ1) is 21.9. The maximum Gasteiger partial charge on any atom is 0.231 e. The van der Waals surface area contributed by atoms with Gasteiger partial charge < -0.3 is 24.6 Å². The van der Waals surface area contributed by atoms with Crippen LogP contribution in [-0.2, 0) is 5.41 Å². The molecule has 2 aromatic rings.